The topological polar surface area (TPSA) is 41.1 Å². The fourth-order valence-corrected chi connectivity index (χ4v) is 2.32. The smallest absolute Gasteiger partial charge is 0.230 e. The molecular weight excluding hydrogens is 244 g/mol. The fourth-order valence-electron chi connectivity index (χ4n) is 1.55. The number of rotatable bonds is 7. The van der Waals surface area contributed by atoms with Crippen molar-refractivity contribution in [2.24, 2.45) is 0 Å². The summed E-state index contributed by atoms with van der Waals surface area (Å²) < 4.78 is 0. The van der Waals surface area contributed by atoms with Gasteiger partial charge in [0.05, 0.1) is 5.75 Å². The number of hydrogen-bond donors (Lipinski definition) is 2. The normalized spacial score (nSPS) is 12.2. The van der Waals surface area contributed by atoms with Gasteiger partial charge in [0.15, 0.2) is 0 Å². The molecule has 1 rings (SSSR count). The van der Waals surface area contributed by atoms with Gasteiger partial charge in [-0.05, 0) is 37.6 Å². The maximum absolute atomic E-state index is 11.1. The van der Waals surface area contributed by atoms with E-state index >= 15 is 0 Å². The zero-order valence-electron chi connectivity index (χ0n) is 11.3. The summed E-state index contributed by atoms with van der Waals surface area (Å²) in [5.41, 5.74) is 1.28. The third-order valence-electron chi connectivity index (χ3n) is 2.73. The molecule has 18 heavy (non-hydrogen) atoms. The first-order valence-corrected chi connectivity index (χ1v) is 7.32. The lowest BCUT2D eigenvalue weighted by atomic mass is 10.1. The molecule has 1 amide bonds. The predicted octanol–water partition coefficient (Wildman–Crippen LogP) is 2.59. The van der Waals surface area contributed by atoms with Crippen molar-refractivity contribution in [1.29, 1.82) is 0 Å². The van der Waals surface area contributed by atoms with Gasteiger partial charge in [0.1, 0.15) is 0 Å². The molecule has 1 unspecified atom stereocenters. The molecule has 100 valence electrons. The van der Waals surface area contributed by atoms with Crippen molar-refractivity contribution < 1.29 is 4.79 Å². The van der Waals surface area contributed by atoms with Crippen LogP contribution in [0.3, 0.4) is 0 Å². The standard InChI is InChI=1S/C14H22N2OS/c1-4-9-16-11(2)12-5-7-13(8-6-12)18-10-14(17)15-3/h5-8,11,16H,4,9-10H2,1-3H3,(H,15,17). The molecule has 0 aliphatic carbocycles. The molecule has 0 aliphatic rings. The number of nitrogens with one attached hydrogen (secondary N) is 2. The third-order valence-corrected chi connectivity index (χ3v) is 3.74. The second kappa shape index (κ2) is 8.16. The van der Waals surface area contributed by atoms with Crippen LogP contribution in [0.1, 0.15) is 31.9 Å². The van der Waals surface area contributed by atoms with E-state index in [1.807, 2.05) is 0 Å². The van der Waals surface area contributed by atoms with Crippen molar-refractivity contribution in [2.75, 3.05) is 19.3 Å². The summed E-state index contributed by atoms with van der Waals surface area (Å²) in [6.07, 6.45) is 1.14. The largest absolute Gasteiger partial charge is 0.358 e. The Bertz CT molecular complexity index is 365. The lowest BCUT2D eigenvalue weighted by molar-refractivity contribution is -0.118. The summed E-state index contributed by atoms with van der Waals surface area (Å²) >= 11 is 1.56. The molecule has 0 aliphatic heterocycles. The molecule has 0 spiro atoms. The monoisotopic (exact) mass is 266 g/mol. The molecule has 0 bridgehead atoms. The van der Waals surface area contributed by atoms with Crippen LogP contribution in [0.15, 0.2) is 29.2 Å². The molecule has 0 aromatic heterocycles. The van der Waals surface area contributed by atoms with Crippen molar-refractivity contribution in [3.8, 4) is 0 Å². The van der Waals surface area contributed by atoms with Gasteiger partial charge in [0.25, 0.3) is 0 Å². The molecule has 0 fully saturated rings. The van der Waals surface area contributed by atoms with Gasteiger partial charge < -0.3 is 10.6 Å². The van der Waals surface area contributed by atoms with Crippen LogP contribution in [-0.4, -0.2) is 25.3 Å². The van der Waals surface area contributed by atoms with E-state index in [0.29, 0.717) is 11.8 Å². The van der Waals surface area contributed by atoms with Gasteiger partial charge in [-0.1, -0.05) is 19.1 Å². The second-order valence-corrected chi connectivity index (χ2v) is 5.26. The van der Waals surface area contributed by atoms with E-state index in [-0.39, 0.29) is 5.91 Å². The Kier molecular flexibility index (Phi) is 6.83. The van der Waals surface area contributed by atoms with Gasteiger partial charge in [0.2, 0.25) is 5.91 Å². The molecular formula is C14H22N2OS. The van der Waals surface area contributed by atoms with Gasteiger partial charge in [-0.2, -0.15) is 0 Å². The van der Waals surface area contributed by atoms with Crippen LogP contribution in [0.5, 0.6) is 0 Å². The van der Waals surface area contributed by atoms with Gasteiger partial charge in [0, 0.05) is 18.0 Å². The van der Waals surface area contributed by atoms with Gasteiger partial charge in [-0.3, -0.25) is 4.79 Å². The number of hydrogen-bond acceptors (Lipinski definition) is 3. The zero-order chi connectivity index (χ0) is 13.4. The highest BCUT2D eigenvalue weighted by Crippen LogP contribution is 2.20. The quantitative estimate of drug-likeness (QED) is 0.745. The minimum Gasteiger partial charge on any atom is -0.358 e. The Morgan fingerprint density at radius 3 is 2.56 bits per heavy atom. The maximum atomic E-state index is 11.1. The molecule has 0 saturated carbocycles. The van der Waals surface area contributed by atoms with Crippen LogP contribution in [-0.2, 0) is 4.79 Å². The Balaban J connectivity index is 2.49. The third kappa shape index (κ3) is 5.10. The van der Waals surface area contributed by atoms with E-state index in [0.717, 1.165) is 17.9 Å². The summed E-state index contributed by atoms with van der Waals surface area (Å²) in [5, 5.41) is 6.07. The maximum Gasteiger partial charge on any atom is 0.230 e. The molecule has 0 radical (unpaired) electrons. The molecule has 2 N–H and O–H groups in total. The first-order chi connectivity index (χ1) is 8.67. The van der Waals surface area contributed by atoms with Gasteiger partial charge in [-0.25, -0.2) is 0 Å². The lowest BCUT2D eigenvalue weighted by Crippen LogP contribution is -2.19. The number of thioether (sulfide) groups is 1. The Hall–Kier alpha value is -1.00. The summed E-state index contributed by atoms with van der Waals surface area (Å²) in [6, 6.07) is 8.78. The van der Waals surface area contributed by atoms with Crippen molar-refractivity contribution in [3.63, 3.8) is 0 Å². The average molecular weight is 266 g/mol. The van der Waals surface area contributed by atoms with Gasteiger partial charge in [-0.15, -0.1) is 11.8 Å². The van der Waals surface area contributed by atoms with Crippen LogP contribution in [0.25, 0.3) is 0 Å². The lowest BCUT2D eigenvalue weighted by Gasteiger charge is -2.13. The van der Waals surface area contributed by atoms with Crippen molar-refractivity contribution >= 4 is 17.7 Å². The number of benzene rings is 1. The van der Waals surface area contributed by atoms with E-state index < -0.39 is 0 Å². The zero-order valence-corrected chi connectivity index (χ0v) is 12.1. The summed E-state index contributed by atoms with van der Waals surface area (Å²) in [7, 11) is 1.66. The van der Waals surface area contributed by atoms with E-state index in [2.05, 4.69) is 48.7 Å². The van der Waals surface area contributed by atoms with Gasteiger partial charge >= 0.3 is 0 Å². The molecule has 0 heterocycles. The molecule has 1 aromatic rings. The van der Waals surface area contributed by atoms with Crippen molar-refractivity contribution in [3.05, 3.63) is 29.8 Å². The van der Waals surface area contributed by atoms with Crippen molar-refractivity contribution in [1.82, 2.24) is 10.6 Å². The Morgan fingerprint density at radius 1 is 1.33 bits per heavy atom. The van der Waals surface area contributed by atoms with Crippen LogP contribution >= 0.6 is 11.8 Å². The Morgan fingerprint density at radius 2 is 2.00 bits per heavy atom. The highest BCUT2D eigenvalue weighted by atomic mass is 32.2. The second-order valence-electron chi connectivity index (χ2n) is 4.21. The highest BCUT2D eigenvalue weighted by molar-refractivity contribution is 8.00. The summed E-state index contributed by atoms with van der Waals surface area (Å²) in [5.74, 6) is 0.529. The van der Waals surface area contributed by atoms with Crippen LogP contribution in [0.2, 0.25) is 0 Å². The average Bonchev–Trinajstić information content (AvgIpc) is 2.42. The van der Waals surface area contributed by atoms with Crippen LogP contribution < -0.4 is 10.6 Å². The first-order valence-electron chi connectivity index (χ1n) is 6.34. The molecule has 0 saturated heterocycles. The van der Waals surface area contributed by atoms with Crippen LogP contribution in [0.4, 0.5) is 0 Å². The molecule has 4 heteroatoms. The van der Waals surface area contributed by atoms with E-state index in [9.17, 15) is 4.79 Å². The first kappa shape index (κ1) is 15.1. The molecule has 1 atom stereocenters. The fraction of sp³-hybridized carbons (Fsp3) is 0.500. The Labute approximate surface area is 114 Å². The van der Waals surface area contributed by atoms with E-state index in [4.69, 9.17) is 0 Å². The minimum atomic E-state index is 0.0575. The number of carbonyl (C=O) groups excluding carboxylic acids is 1. The minimum absolute atomic E-state index is 0.0575. The van der Waals surface area contributed by atoms with Crippen molar-refractivity contribution in [2.45, 2.75) is 31.2 Å². The van der Waals surface area contributed by atoms with E-state index in [1.165, 1.54) is 5.56 Å². The number of amides is 1. The summed E-state index contributed by atoms with van der Waals surface area (Å²) in [4.78, 5) is 12.3. The predicted molar refractivity (Wildman–Crippen MR) is 77.9 cm³/mol. The molecule has 3 nitrogen and oxygen atoms in total. The highest BCUT2D eigenvalue weighted by Gasteiger charge is 2.04. The molecule has 1 aromatic carbocycles. The van der Waals surface area contributed by atoms with Crippen LogP contribution in [0, 0.1) is 0 Å². The number of carbonyl (C=O) groups is 1. The SMILES string of the molecule is CCCNC(C)c1ccc(SCC(=O)NC)cc1. The summed E-state index contributed by atoms with van der Waals surface area (Å²) in [6.45, 7) is 5.37. The van der Waals surface area contributed by atoms with E-state index in [1.54, 1.807) is 18.8 Å².